The lowest BCUT2D eigenvalue weighted by Crippen LogP contribution is -2.04. The van der Waals surface area contributed by atoms with Crippen molar-refractivity contribution in [2.45, 2.75) is 65.2 Å². The van der Waals surface area contributed by atoms with Crippen LogP contribution in [-0.2, 0) is 0 Å². The van der Waals surface area contributed by atoms with E-state index in [0.29, 0.717) is 5.92 Å². The van der Waals surface area contributed by atoms with E-state index >= 15 is 0 Å². The second-order valence-corrected chi connectivity index (χ2v) is 6.48. The van der Waals surface area contributed by atoms with Crippen molar-refractivity contribution in [1.29, 1.82) is 0 Å². The molecule has 22 heavy (non-hydrogen) atoms. The number of para-hydroxylation sites is 1. The van der Waals surface area contributed by atoms with Crippen LogP contribution in [0.4, 0.5) is 0 Å². The van der Waals surface area contributed by atoms with Crippen molar-refractivity contribution in [3.8, 4) is 5.75 Å². The van der Waals surface area contributed by atoms with Crippen molar-refractivity contribution in [2.24, 2.45) is 5.92 Å². The highest BCUT2D eigenvalue weighted by atomic mass is 16.3. The zero-order valence-electron chi connectivity index (χ0n) is 14.2. The normalized spacial score (nSPS) is 14.1. The van der Waals surface area contributed by atoms with Crippen LogP contribution >= 0.6 is 0 Å². The van der Waals surface area contributed by atoms with E-state index in [-0.39, 0.29) is 5.75 Å². The minimum atomic E-state index is 0.279. The number of phenols is 1. The van der Waals surface area contributed by atoms with Gasteiger partial charge < -0.3 is 5.11 Å². The summed E-state index contributed by atoms with van der Waals surface area (Å²) in [6.45, 7) is 6.82. The standard InChI is InChI=1S/C20H29NO/c1-4-6-8-16(5-2)12-11-15(3)18-14-13-17-9-7-10-19(22)20(17)21-18/h7,9-10,13-16,22H,4-6,8,11-12H2,1-3H3. The molecule has 120 valence electrons. The molecule has 2 heteroatoms. The molecule has 2 aromatic rings. The molecule has 1 aromatic heterocycles. The highest BCUT2D eigenvalue weighted by molar-refractivity contribution is 5.84. The minimum Gasteiger partial charge on any atom is -0.506 e. The van der Waals surface area contributed by atoms with Crippen LogP contribution < -0.4 is 0 Å². The number of pyridine rings is 1. The summed E-state index contributed by atoms with van der Waals surface area (Å²) in [6, 6.07) is 9.75. The molecule has 0 aliphatic heterocycles. The number of hydrogen-bond acceptors (Lipinski definition) is 2. The number of phenolic OH excluding ortho intramolecular Hbond substituents is 1. The first kappa shape index (κ1) is 16.8. The summed E-state index contributed by atoms with van der Waals surface area (Å²) in [4.78, 5) is 4.69. The Bertz CT molecular complexity index is 593. The van der Waals surface area contributed by atoms with Crippen LogP contribution in [0.3, 0.4) is 0 Å². The van der Waals surface area contributed by atoms with Crippen LogP contribution in [0.2, 0.25) is 0 Å². The molecule has 0 aliphatic rings. The first-order valence-electron chi connectivity index (χ1n) is 8.74. The van der Waals surface area contributed by atoms with Gasteiger partial charge in [0, 0.05) is 11.1 Å². The fraction of sp³-hybridized carbons (Fsp3) is 0.550. The molecule has 0 spiro atoms. The predicted octanol–water partition coefficient (Wildman–Crippen LogP) is 6.04. The number of aromatic nitrogens is 1. The average molecular weight is 299 g/mol. The van der Waals surface area contributed by atoms with E-state index in [2.05, 4.69) is 32.9 Å². The van der Waals surface area contributed by atoms with Gasteiger partial charge in [0.15, 0.2) is 0 Å². The number of aromatic hydroxyl groups is 1. The van der Waals surface area contributed by atoms with Crippen LogP contribution in [0.1, 0.15) is 70.9 Å². The highest BCUT2D eigenvalue weighted by Gasteiger charge is 2.13. The number of nitrogens with zero attached hydrogens (tertiary/aromatic N) is 1. The maximum Gasteiger partial charge on any atom is 0.141 e. The number of benzene rings is 1. The van der Waals surface area contributed by atoms with Gasteiger partial charge in [0.05, 0.1) is 0 Å². The molecule has 0 amide bonds. The van der Waals surface area contributed by atoms with Crippen molar-refractivity contribution in [3.05, 3.63) is 36.0 Å². The van der Waals surface area contributed by atoms with E-state index in [0.717, 1.165) is 22.5 Å². The predicted molar refractivity (Wildman–Crippen MR) is 94.4 cm³/mol. The molecule has 0 fully saturated rings. The fourth-order valence-corrected chi connectivity index (χ4v) is 3.10. The molecule has 0 bridgehead atoms. The third-order valence-electron chi connectivity index (χ3n) is 4.78. The Labute approximate surface area is 134 Å². The first-order valence-corrected chi connectivity index (χ1v) is 8.74. The molecule has 0 saturated heterocycles. The molecule has 0 aliphatic carbocycles. The Morgan fingerprint density at radius 3 is 2.59 bits per heavy atom. The lowest BCUT2D eigenvalue weighted by Gasteiger charge is -2.18. The zero-order chi connectivity index (χ0) is 15.9. The smallest absolute Gasteiger partial charge is 0.141 e. The molecular formula is C20H29NO. The molecule has 2 rings (SSSR count). The van der Waals surface area contributed by atoms with E-state index in [9.17, 15) is 5.11 Å². The van der Waals surface area contributed by atoms with Crippen molar-refractivity contribution in [1.82, 2.24) is 4.98 Å². The molecule has 2 unspecified atom stereocenters. The van der Waals surface area contributed by atoms with Crippen molar-refractivity contribution >= 4 is 10.9 Å². The molecule has 1 aromatic carbocycles. The quantitative estimate of drug-likeness (QED) is 0.644. The van der Waals surface area contributed by atoms with Gasteiger partial charge in [0.25, 0.3) is 0 Å². The Kier molecular flexibility index (Phi) is 6.23. The maximum absolute atomic E-state index is 9.97. The van der Waals surface area contributed by atoms with Crippen molar-refractivity contribution in [2.75, 3.05) is 0 Å². The molecule has 0 saturated carbocycles. The number of rotatable bonds is 8. The Morgan fingerprint density at radius 2 is 1.86 bits per heavy atom. The summed E-state index contributed by atoms with van der Waals surface area (Å²) in [5, 5.41) is 11.0. The number of fused-ring (bicyclic) bond motifs is 1. The molecule has 2 nitrogen and oxygen atoms in total. The Balaban J connectivity index is 2.03. The zero-order valence-corrected chi connectivity index (χ0v) is 14.2. The van der Waals surface area contributed by atoms with Gasteiger partial charge in [-0.1, -0.05) is 64.7 Å². The molecule has 0 radical (unpaired) electrons. The Hall–Kier alpha value is -1.57. The third-order valence-corrected chi connectivity index (χ3v) is 4.78. The second kappa shape index (κ2) is 8.17. The monoisotopic (exact) mass is 299 g/mol. The summed E-state index contributed by atoms with van der Waals surface area (Å²) in [7, 11) is 0. The van der Waals surface area contributed by atoms with E-state index in [4.69, 9.17) is 4.98 Å². The van der Waals surface area contributed by atoms with Crippen molar-refractivity contribution < 1.29 is 5.11 Å². The Morgan fingerprint density at radius 1 is 1.05 bits per heavy atom. The number of unbranched alkanes of at least 4 members (excludes halogenated alkanes) is 1. The SMILES string of the molecule is CCCCC(CC)CCC(C)c1ccc2cccc(O)c2n1. The van der Waals surface area contributed by atoms with Gasteiger partial charge in [-0.3, -0.25) is 0 Å². The van der Waals surface area contributed by atoms with Gasteiger partial charge >= 0.3 is 0 Å². The van der Waals surface area contributed by atoms with Crippen LogP contribution in [0, 0.1) is 5.92 Å². The lowest BCUT2D eigenvalue weighted by molar-refractivity contribution is 0.395. The average Bonchev–Trinajstić information content (AvgIpc) is 2.55. The second-order valence-electron chi connectivity index (χ2n) is 6.48. The summed E-state index contributed by atoms with van der Waals surface area (Å²) in [6.07, 6.45) is 7.71. The molecule has 1 heterocycles. The summed E-state index contributed by atoms with van der Waals surface area (Å²) < 4.78 is 0. The van der Waals surface area contributed by atoms with Crippen molar-refractivity contribution in [3.63, 3.8) is 0 Å². The van der Waals surface area contributed by atoms with Gasteiger partial charge in [-0.05, 0) is 36.8 Å². The van der Waals surface area contributed by atoms with Gasteiger partial charge in [-0.25, -0.2) is 4.98 Å². The van der Waals surface area contributed by atoms with Crippen LogP contribution in [-0.4, -0.2) is 10.1 Å². The topological polar surface area (TPSA) is 33.1 Å². The first-order chi connectivity index (χ1) is 10.7. The van der Waals surface area contributed by atoms with E-state index in [1.54, 1.807) is 6.07 Å². The molecular weight excluding hydrogens is 270 g/mol. The molecule has 1 N–H and O–H groups in total. The number of hydrogen-bond donors (Lipinski definition) is 1. The van der Waals surface area contributed by atoms with E-state index in [1.807, 2.05) is 12.1 Å². The minimum absolute atomic E-state index is 0.279. The summed E-state index contributed by atoms with van der Waals surface area (Å²) in [5.41, 5.74) is 1.82. The third kappa shape index (κ3) is 4.22. The van der Waals surface area contributed by atoms with Gasteiger partial charge in [0.1, 0.15) is 11.3 Å². The van der Waals surface area contributed by atoms with Gasteiger partial charge in [-0.2, -0.15) is 0 Å². The maximum atomic E-state index is 9.97. The lowest BCUT2D eigenvalue weighted by atomic mass is 9.89. The van der Waals surface area contributed by atoms with Gasteiger partial charge in [0.2, 0.25) is 0 Å². The molecule has 2 atom stereocenters. The van der Waals surface area contributed by atoms with E-state index < -0.39 is 0 Å². The van der Waals surface area contributed by atoms with Gasteiger partial charge in [-0.15, -0.1) is 0 Å². The fourth-order valence-electron chi connectivity index (χ4n) is 3.10. The highest BCUT2D eigenvalue weighted by Crippen LogP contribution is 2.29. The van der Waals surface area contributed by atoms with Crippen LogP contribution in [0.15, 0.2) is 30.3 Å². The summed E-state index contributed by atoms with van der Waals surface area (Å²) in [5.74, 6) is 1.57. The summed E-state index contributed by atoms with van der Waals surface area (Å²) >= 11 is 0. The van der Waals surface area contributed by atoms with Crippen LogP contribution in [0.5, 0.6) is 5.75 Å². The van der Waals surface area contributed by atoms with E-state index in [1.165, 1.54) is 38.5 Å². The van der Waals surface area contributed by atoms with Crippen LogP contribution in [0.25, 0.3) is 10.9 Å². The largest absolute Gasteiger partial charge is 0.506 e.